The molecular weight excluding hydrogens is 786 g/mol. The number of hydrogen-bond donors (Lipinski definition) is 0. The van der Waals surface area contributed by atoms with Gasteiger partial charge >= 0.3 is 24.3 Å². The molecule has 0 aliphatic carbocycles. The zero-order valence-electron chi connectivity index (χ0n) is 32.9. The largest absolute Gasteiger partial charge is 0.426 e. The first-order valence-electron chi connectivity index (χ1n) is 17.9. The normalized spacial score (nSPS) is 14.8. The van der Waals surface area contributed by atoms with Gasteiger partial charge in [-0.2, -0.15) is 26.3 Å². The van der Waals surface area contributed by atoms with E-state index in [1.165, 1.54) is 39.0 Å². The molecule has 2 aliphatic rings. The van der Waals surface area contributed by atoms with Crippen LogP contribution in [0.15, 0.2) is 72.8 Å². The molecule has 0 aromatic heterocycles. The predicted octanol–water partition coefficient (Wildman–Crippen LogP) is 9.00. The molecule has 0 unspecified atom stereocenters. The summed E-state index contributed by atoms with van der Waals surface area (Å²) in [6.45, 7) is 11.3. The molecule has 2 aliphatic heterocycles. The molecule has 0 spiro atoms. The van der Waals surface area contributed by atoms with Gasteiger partial charge in [-0.3, -0.25) is 33.7 Å². The monoisotopic (exact) mass is 822 g/mol. The maximum absolute atomic E-state index is 15.2. The van der Waals surface area contributed by atoms with E-state index in [2.05, 4.69) is 0 Å². The lowest BCUT2D eigenvalue weighted by atomic mass is 9.71. The van der Waals surface area contributed by atoms with Crippen molar-refractivity contribution in [2.24, 2.45) is 10.8 Å². The van der Waals surface area contributed by atoms with Gasteiger partial charge in [0.05, 0.1) is 38.8 Å². The number of halogens is 6. The van der Waals surface area contributed by atoms with Crippen LogP contribution in [0, 0.1) is 17.8 Å². The van der Waals surface area contributed by atoms with Crippen LogP contribution in [0.3, 0.4) is 0 Å². The minimum Gasteiger partial charge on any atom is -0.426 e. The summed E-state index contributed by atoms with van der Waals surface area (Å²) in [5.41, 5.74) is -11.2. The van der Waals surface area contributed by atoms with Gasteiger partial charge in [0.15, 0.2) is 5.75 Å². The summed E-state index contributed by atoms with van der Waals surface area (Å²) in [5.74, 6) is -5.97. The Morgan fingerprint density at radius 3 is 1.42 bits per heavy atom. The summed E-state index contributed by atoms with van der Waals surface area (Å²) in [6, 6.07) is 11.7. The predicted molar refractivity (Wildman–Crippen MR) is 200 cm³/mol. The Bertz CT molecular complexity index is 2500. The van der Waals surface area contributed by atoms with E-state index in [0.29, 0.717) is 62.9 Å². The summed E-state index contributed by atoms with van der Waals surface area (Å²) in [6.07, 6.45) is -12.3. The molecule has 0 radical (unpaired) electrons. The summed E-state index contributed by atoms with van der Waals surface area (Å²) < 4.78 is 103. The molecule has 10 nitrogen and oxygen atoms in total. The van der Waals surface area contributed by atoms with Crippen molar-refractivity contribution in [2.75, 3.05) is 11.9 Å². The summed E-state index contributed by atoms with van der Waals surface area (Å²) in [7, 11) is 1.02. The fraction of sp³-hybridized carbons (Fsp3) is 0.302. The fourth-order valence-electron chi connectivity index (χ4n) is 6.63. The molecule has 0 fully saturated rings. The highest BCUT2D eigenvalue weighted by atomic mass is 19.4. The number of amides is 4. The molecule has 59 heavy (non-hydrogen) atoms. The Labute approximate surface area is 333 Å². The maximum atomic E-state index is 15.2. The van der Waals surface area contributed by atoms with Crippen LogP contribution in [0.1, 0.15) is 99.7 Å². The smallest absolute Gasteiger partial charge is 0.411 e. The van der Waals surface area contributed by atoms with Crippen molar-refractivity contribution in [1.29, 1.82) is 0 Å². The Balaban J connectivity index is 1.48. The number of carbonyl (C=O) groups is 6. The first-order chi connectivity index (χ1) is 27.1. The Morgan fingerprint density at radius 1 is 0.525 bits per heavy atom. The highest BCUT2D eigenvalue weighted by Crippen LogP contribution is 2.57. The second kappa shape index (κ2) is 13.9. The van der Waals surface area contributed by atoms with E-state index in [-0.39, 0.29) is 17.2 Å². The van der Waals surface area contributed by atoms with Crippen molar-refractivity contribution in [3.8, 4) is 22.6 Å². The number of imide groups is 2. The molecule has 0 saturated heterocycles. The van der Waals surface area contributed by atoms with E-state index < -0.39 is 97.5 Å². The Hall–Kier alpha value is -6.32. The molecule has 4 aromatic rings. The van der Waals surface area contributed by atoms with Crippen LogP contribution in [0.4, 0.5) is 32.0 Å². The molecule has 0 bridgehead atoms. The summed E-state index contributed by atoms with van der Waals surface area (Å²) >= 11 is 0. The van der Waals surface area contributed by atoms with Gasteiger partial charge in [0.25, 0.3) is 23.6 Å². The second-order valence-corrected chi connectivity index (χ2v) is 16.3. The first kappa shape index (κ1) is 42.3. The third-order valence-electron chi connectivity index (χ3n) is 10.0. The molecule has 4 aromatic carbocycles. The number of benzene rings is 4. The topological polar surface area (TPSA) is 127 Å². The van der Waals surface area contributed by atoms with Crippen LogP contribution in [-0.2, 0) is 15.0 Å². The third kappa shape index (κ3) is 6.93. The number of nitrogens with zero attached hydrogens (tertiary/aromatic N) is 2. The number of carbonyl (C=O) groups excluding carboxylic acids is 6. The Kier molecular flexibility index (Phi) is 9.97. The average Bonchev–Trinajstić information content (AvgIpc) is 3.49. The van der Waals surface area contributed by atoms with Crippen LogP contribution in [0.25, 0.3) is 11.1 Å². The van der Waals surface area contributed by atoms with Gasteiger partial charge in [0.1, 0.15) is 5.75 Å². The number of anilines is 1. The van der Waals surface area contributed by atoms with Gasteiger partial charge in [0.2, 0.25) is 5.41 Å². The van der Waals surface area contributed by atoms with Crippen LogP contribution < -0.4 is 14.4 Å². The van der Waals surface area contributed by atoms with Crippen molar-refractivity contribution in [2.45, 2.75) is 66.2 Å². The third-order valence-corrected chi connectivity index (χ3v) is 10.0. The molecular formula is C43H36F6N2O8. The van der Waals surface area contributed by atoms with E-state index in [9.17, 15) is 28.8 Å². The Morgan fingerprint density at radius 2 is 0.932 bits per heavy atom. The standard InChI is InChI=1S/C43H36F6N2O8/c1-21-9-10-22(17-31(21)58-37(56)39(2,3)4)23-11-16-30(32(18-23)59-38(57)40(5,6)7)51-35(54)27-15-13-25(20-29(27)36(51)55)41(42(44,45)46,43(47,48)49)24-12-14-26-28(19-24)34(53)50(8)33(26)52/h9-20H,1-8H3. The van der Waals surface area contributed by atoms with E-state index in [4.69, 9.17) is 9.47 Å². The van der Waals surface area contributed by atoms with Crippen molar-refractivity contribution in [3.63, 3.8) is 0 Å². The number of hydrogen-bond acceptors (Lipinski definition) is 8. The number of ether oxygens (including phenoxy) is 2. The quantitative estimate of drug-likeness (QED) is 0.0817. The van der Waals surface area contributed by atoms with Crippen LogP contribution in [0.5, 0.6) is 11.5 Å². The highest BCUT2D eigenvalue weighted by Gasteiger charge is 2.73. The van der Waals surface area contributed by atoms with Gasteiger partial charge in [-0.25, -0.2) is 4.90 Å². The fourth-order valence-corrected chi connectivity index (χ4v) is 6.63. The molecule has 0 N–H and O–H groups in total. The van der Waals surface area contributed by atoms with Crippen LogP contribution >= 0.6 is 0 Å². The van der Waals surface area contributed by atoms with Gasteiger partial charge < -0.3 is 9.47 Å². The summed E-state index contributed by atoms with van der Waals surface area (Å²) in [5, 5.41) is 0. The molecule has 4 amide bonds. The lowest BCUT2D eigenvalue weighted by Gasteiger charge is -2.38. The van der Waals surface area contributed by atoms with E-state index in [1.54, 1.807) is 45.9 Å². The molecule has 6 rings (SSSR count). The average molecular weight is 823 g/mol. The van der Waals surface area contributed by atoms with Gasteiger partial charge in [-0.05, 0) is 119 Å². The lowest BCUT2D eigenvalue weighted by Crippen LogP contribution is -2.55. The minimum absolute atomic E-state index is 0.219. The van der Waals surface area contributed by atoms with Crippen molar-refractivity contribution < 1.29 is 64.6 Å². The van der Waals surface area contributed by atoms with Crippen LogP contribution in [-0.4, -0.2) is 59.9 Å². The van der Waals surface area contributed by atoms with Gasteiger partial charge in [-0.15, -0.1) is 0 Å². The van der Waals surface area contributed by atoms with E-state index >= 15 is 26.3 Å². The molecule has 0 atom stereocenters. The number of alkyl halides is 6. The second-order valence-electron chi connectivity index (χ2n) is 16.3. The number of esters is 2. The zero-order valence-corrected chi connectivity index (χ0v) is 32.9. The highest BCUT2D eigenvalue weighted by molar-refractivity contribution is 6.35. The van der Waals surface area contributed by atoms with E-state index in [1.807, 2.05) is 0 Å². The number of fused-ring (bicyclic) bond motifs is 2. The molecule has 308 valence electrons. The van der Waals surface area contributed by atoms with Crippen molar-refractivity contribution in [3.05, 3.63) is 112 Å². The number of aryl methyl sites for hydroxylation is 1. The lowest BCUT2D eigenvalue weighted by molar-refractivity contribution is -0.288. The van der Waals surface area contributed by atoms with Gasteiger partial charge in [0, 0.05) is 7.05 Å². The first-order valence-corrected chi connectivity index (χ1v) is 17.9. The van der Waals surface area contributed by atoms with Crippen molar-refractivity contribution in [1.82, 2.24) is 4.90 Å². The SMILES string of the molecule is Cc1ccc(-c2ccc(N3C(=O)c4ccc(C(c5ccc6c(c5)C(=O)N(C)C6=O)(C(F)(F)F)C(F)(F)F)cc4C3=O)c(OC(=O)C(C)(C)C)c2)cc1OC(=O)C(C)(C)C. The summed E-state index contributed by atoms with van der Waals surface area (Å²) in [4.78, 5) is 80.1. The molecule has 2 heterocycles. The zero-order chi connectivity index (χ0) is 43.9. The molecule has 16 heteroatoms. The van der Waals surface area contributed by atoms with Crippen molar-refractivity contribution >= 4 is 41.3 Å². The maximum Gasteiger partial charge on any atom is 0.411 e. The van der Waals surface area contributed by atoms with Gasteiger partial charge in [-0.1, -0.05) is 30.3 Å². The van der Waals surface area contributed by atoms with E-state index in [0.717, 1.165) is 7.05 Å². The molecule has 0 saturated carbocycles. The van der Waals surface area contributed by atoms with Crippen LogP contribution in [0.2, 0.25) is 0 Å². The number of rotatable bonds is 6. The minimum atomic E-state index is -6.15.